The summed E-state index contributed by atoms with van der Waals surface area (Å²) in [5.74, 6) is 0.947. The predicted molar refractivity (Wildman–Crippen MR) is 142 cm³/mol. The first-order valence-corrected chi connectivity index (χ1v) is 13.0. The van der Waals surface area contributed by atoms with Crippen LogP contribution in [0.2, 0.25) is 0 Å². The zero-order chi connectivity index (χ0) is 25.9. The van der Waals surface area contributed by atoms with Crippen molar-refractivity contribution in [2.24, 2.45) is 0 Å². The van der Waals surface area contributed by atoms with Gasteiger partial charge in [0.25, 0.3) is 5.91 Å². The van der Waals surface area contributed by atoms with E-state index in [2.05, 4.69) is 18.2 Å². The number of likely N-dealkylation sites (tertiary alicyclic amines) is 1. The number of methoxy groups -OCH3 is 2. The van der Waals surface area contributed by atoms with Gasteiger partial charge in [-0.05, 0) is 69.3 Å². The maximum absolute atomic E-state index is 13.8. The lowest BCUT2D eigenvalue weighted by Crippen LogP contribution is -2.46. The Morgan fingerprint density at radius 1 is 1.06 bits per heavy atom. The molecule has 192 valence electrons. The summed E-state index contributed by atoms with van der Waals surface area (Å²) in [6.07, 6.45) is 1.37. The molecule has 4 rings (SSSR count). The van der Waals surface area contributed by atoms with Gasteiger partial charge in [0.1, 0.15) is 5.60 Å². The number of carbonyl (C=O) groups is 2. The molecular formula is C28H34N2O5S. The largest absolute Gasteiger partial charge is 0.493 e. The Labute approximate surface area is 216 Å². The molecule has 0 aliphatic carbocycles. The van der Waals surface area contributed by atoms with Crippen LogP contribution in [0.15, 0.2) is 48.5 Å². The highest BCUT2D eigenvalue weighted by Crippen LogP contribution is 2.31. The molecule has 3 aromatic rings. The molecule has 0 N–H and O–H groups in total. The summed E-state index contributed by atoms with van der Waals surface area (Å²) in [7, 11) is 3.12. The molecule has 0 saturated carbocycles. The van der Waals surface area contributed by atoms with E-state index in [4.69, 9.17) is 14.2 Å². The maximum Gasteiger partial charge on any atom is 0.410 e. The molecule has 1 atom stereocenters. The topological polar surface area (TPSA) is 68.3 Å². The number of hydrogen-bond acceptors (Lipinski definition) is 6. The van der Waals surface area contributed by atoms with Crippen LogP contribution >= 0.6 is 11.3 Å². The summed E-state index contributed by atoms with van der Waals surface area (Å²) >= 11 is 1.68. The Bertz CT molecular complexity index is 1200. The lowest BCUT2D eigenvalue weighted by atomic mass is 10.1. The van der Waals surface area contributed by atoms with E-state index < -0.39 is 5.60 Å². The number of amides is 2. The zero-order valence-electron chi connectivity index (χ0n) is 21.6. The van der Waals surface area contributed by atoms with Crippen molar-refractivity contribution in [1.29, 1.82) is 0 Å². The van der Waals surface area contributed by atoms with Crippen molar-refractivity contribution < 1.29 is 23.8 Å². The summed E-state index contributed by atoms with van der Waals surface area (Å²) in [5.41, 5.74) is -0.0632. The van der Waals surface area contributed by atoms with Gasteiger partial charge >= 0.3 is 6.09 Å². The molecule has 36 heavy (non-hydrogen) atoms. The smallest absolute Gasteiger partial charge is 0.410 e. The van der Waals surface area contributed by atoms with Crippen molar-refractivity contribution in [3.8, 4) is 11.5 Å². The second-order valence-electron chi connectivity index (χ2n) is 9.98. The van der Waals surface area contributed by atoms with Crippen LogP contribution < -0.4 is 9.47 Å². The highest BCUT2D eigenvalue weighted by Gasteiger charge is 2.34. The Hall–Kier alpha value is -3.26. The fourth-order valence-electron chi connectivity index (χ4n) is 4.51. The number of benzene rings is 2. The molecule has 1 aliphatic rings. The van der Waals surface area contributed by atoms with Crippen LogP contribution in [0.3, 0.4) is 0 Å². The quantitative estimate of drug-likeness (QED) is 0.392. The van der Waals surface area contributed by atoms with Gasteiger partial charge in [-0.2, -0.15) is 0 Å². The molecule has 2 heterocycles. The van der Waals surface area contributed by atoms with Crippen LogP contribution in [0.1, 0.15) is 48.8 Å². The van der Waals surface area contributed by atoms with Gasteiger partial charge in [-0.25, -0.2) is 4.79 Å². The first-order chi connectivity index (χ1) is 17.2. The molecule has 0 unspecified atom stereocenters. The van der Waals surface area contributed by atoms with Crippen LogP contribution in [0.25, 0.3) is 10.1 Å². The van der Waals surface area contributed by atoms with Gasteiger partial charge in [0.15, 0.2) is 11.5 Å². The van der Waals surface area contributed by atoms with E-state index in [9.17, 15) is 9.59 Å². The van der Waals surface area contributed by atoms with E-state index in [0.717, 1.165) is 23.1 Å². The van der Waals surface area contributed by atoms with Crippen LogP contribution in [-0.2, 0) is 11.3 Å². The molecule has 1 aromatic heterocycles. The van der Waals surface area contributed by atoms with Gasteiger partial charge < -0.3 is 24.0 Å². The van der Waals surface area contributed by atoms with Crippen molar-refractivity contribution in [3.63, 3.8) is 0 Å². The summed E-state index contributed by atoms with van der Waals surface area (Å²) in [5, 5.41) is 1.16. The molecule has 1 saturated heterocycles. The average molecular weight is 511 g/mol. The number of thiophene rings is 1. The van der Waals surface area contributed by atoms with E-state index in [0.29, 0.717) is 36.7 Å². The first-order valence-electron chi connectivity index (χ1n) is 12.2. The van der Waals surface area contributed by atoms with Crippen molar-refractivity contribution >= 4 is 33.4 Å². The summed E-state index contributed by atoms with van der Waals surface area (Å²) in [4.78, 5) is 31.4. The van der Waals surface area contributed by atoms with Gasteiger partial charge in [0.2, 0.25) is 0 Å². The fourth-order valence-corrected chi connectivity index (χ4v) is 5.59. The third kappa shape index (κ3) is 5.93. The second kappa shape index (κ2) is 10.8. The van der Waals surface area contributed by atoms with Crippen molar-refractivity contribution in [2.75, 3.05) is 27.3 Å². The van der Waals surface area contributed by atoms with E-state index >= 15 is 0 Å². The van der Waals surface area contributed by atoms with Crippen LogP contribution in [0.4, 0.5) is 4.79 Å². The monoisotopic (exact) mass is 510 g/mol. The summed E-state index contributed by atoms with van der Waals surface area (Å²) < 4.78 is 17.6. The number of fused-ring (bicyclic) bond motifs is 1. The lowest BCUT2D eigenvalue weighted by Gasteiger charge is -2.32. The minimum Gasteiger partial charge on any atom is -0.493 e. The van der Waals surface area contributed by atoms with Gasteiger partial charge in [-0.15, -0.1) is 11.3 Å². The Morgan fingerprint density at radius 2 is 1.81 bits per heavy atom. The SMILES string of the molecule is COc1ccc(C(=O)N(Cc2cc3ccccc3s2)C[C@@H]2CCCN2C(=O)OC(C)(C)C)cc1OC. The van der Waals surface area contributed by atoms with E-state index in [1.54, 1.807) is 48.7 Å². The Morgan fingerprint density at radius 3 is 2.50 bits per heavy atom. The minimum absolute atomic E-state index is 0.113. The standard InChI is InChI=1S/C28H34N2O5S/c1-28(2,3)35-27(32)30-14-8-10-21(30)17-29(18-22-15-19-9-6-7-11-25(19)36-22)26(31)20-12-13-23(33-4)24(16-20)34-5/h6-7,9,11-13,15-16,21H,8,10,14,17-18H2,1-5H3/t21-/m0/s1. The Kier molecular flexibility index (Phi) is 7.73. The van der Waals surface area contributed by atoms with Crippen LogP contribution in [0.5, 0.6) is 11.5 Å². The molecule has 0 spiro atoms. The van der Waals surface area contributed by atoms with Gasteiger partial charge in [-0.3, -0.25) is 4.79 Å². The van der Waals surface area contributed by atoms with Crippen molar-refractivity contribution in [1.82, 2.24) is 9.80 Å². The van der Waals surface area contributed by atoms with Crippen LogP contribution in [-0.4, -0.2) is 60.8 Å². The Balaban J connectivity index is 1.62. The van der Waals surface area contributed by atoms with Crippen molar-refractivity contribution in [2.45, 2.75) is 51.8 Å². The highest BCUT2D eigenvalue weighted by molar-refractivity contribution is 7.19. The average Bonchev–Trinajstić information content (AvgIpc) is 3.48. The number of carbonyl (C=O) groups excluding carboxylic acids is 2. The number of hydrogen-bond donors (Lipinski definition) is 0. The van der Waals surface area contributed by atoms with Gasteiger partial charge in [-0.1, -0.05) is 18.2 Å². The molecule has 1 aliphatic heterocycles. The van der Waals surface area contributed by atoms with Gasteiger partial charge in [0, 0.05) is 28.2 Å². The summed E-state index contributed by atoms with van der Waals surface area (Å²) in [6.45, 7) is 7.09. The molecular weight excluding hydrogens is 476 g/mol. The minimum atomic E-state index is -0.573. The van der Waals surface area contributed by atoms with Crippen molar-refractivity contribution in [3.05, 3.63) is 59.0 Å². The second-order valence-corrected chi connectivity index (χ2v) is 11.1. The van der Waals surface area contributed by atoms with E-state index in [1.165, 1.54) is 4.70 Å². The molecule has 8 heteroatoms. The van der Waals surface area contributed by atoms with Crippen LogP contribution in [0, 0.1) is 0 Å². The normalized spacial score (nSPS) is 15.7. The molecule has 1 fully saturated rings. The molecule has 2 amide bonds. The number of ether oxygens (including phenoxy) is 3. The summed E-state index contributed by atoms with van der Waals surface area (Å²) in [6, 6.07) is 15.4. The molecule has 0 radical (unpaired) electrons. The van der Waals surface area contributed by atoms with Gasteiger partial charge in [0.05, 0.1) is 26.8 Å². The zero-order valence-corrected chi connectivity index (χ0v) is 22.4. The molecule has 7 nitrogen and oxygen atoms in total. The highest BCUT2D eigenvalue weighted by atomic mass is 32.1. The number of rotatable bonds is 7. The molecule has 2 aromatic carbocycles. The molecule has 0 bridgehead atoms. The third-order valence-electron chi connectivity index (χ3n) is 6.18. The maximum atomic E-state index is 13.8. The number of nitrogens with zero attached hydrogens (tertiary/aromatic N) is 2. The predicted octanol–water partition coefficient (Wildman–Crippen LogP) is 5.96. The van der Waals surface area contributed by atoms with E-state index in [-0.39, 0.29) is 18.0 Å². The fraction of sp³-hybridized carbons (Fsp3) is 0.429. The third-order valence-corrected chi connectivity index (χ3v) is 7.28. The first kappa shape index (κ1) is 25.8. The lowest BCUT2D eigenvalue weighted by molar-refractivity contribution is 0.0189. The van der Waals surface area contributed by atoms with E-state index in [1.807, 2.05) is 37.8 Å².